The Morgan fingerprint density at radius 1 is 1.00 bits per heavy atom. The van der Waals surface area contributed by atoms with Crippen molar-refractivity contribution < 1.29 is 9.13 Å². The fourth-order valence-corrected chi connectivity index (χ4v) is 1.84. The molecule has 2 aromatic rings. The lowest BCUT2D eigenvalue weighted by atomic mass is 9.87. The van der Waals surface area contributed by atoms with Gasteiger partial charge in [-0.25, -0.2) is 4.39 Å². The summed E-state index contributed by atoms with van der Waals surface area (Å²) in [5.74, 6) is 0.591. The number of halogens is 1. The van der Waals surface area contributed by atoms with Crippen molar-refractivity contribution in [3.63, 3.8) is 0 Å². The molecular formula is C17H19FO. The second-order valence-electron chi connectivity index (χ2n) is 5.81. The quantitative estimate of drug-likeness (QED) is 0.717. The van der Waals surface area contributed by atoms with Crippen molar-refractivity contribution >= 4 is 0 Å². The van der Waals surface area contributed by atoms with Crippen LogP contribution in [0.2, 0.25) is 0 Å². The number of benzene rings is 2. The zero-order valence-corrected chi connectivity index (χ0v) is 11.8. The zero-order valence-electron chi connectivity index (χ0n) is 11.8. The molecule has 2 rings (SSSR count). The van der Waals surface area contributed by atoms with Gasteiger partial charge < -0.3 is 4.74 Å². The smallest absolute Gasteiger partial charge is 0.165 e. The first-order valence-corrected chi connectivity index (χ1v) is 6.41. The van der Waals surface area contributed by atoms with E-state index in [9.17, 15) is 4.39 Å². The summed E-state index contributed by atoms with van der Waals surface area (Å²) >= 11 is 0. The van der Waals surface area contributed by atoms with E-state index >= 15 is 0 Å². The average molecular weight is 258 g/mol. The molecule has 0 saturated heterocycles. The third-order valence-corrected chi connectivity index (χ3v) is 3.02. The SMILES string of the molecule is Cc1ccc(Oc2cccc(C(C)(C)C)c2)c(F)c1. The predicted molar refractivity (Wildman–Crippen MR) is 76.4 cm³/mol. The molecule has 0 aromatic heterocycles. The molecule has 19 heavy (non-hydrogen) atoms. The average Bonchev–Trinajstić information content (AvgIpc) is 2.32. The van der Waals surface area contributed by atoms with Gasteiger partial charge in [-0.2, -0.15) is 0 Å². The van der Waals surface area contributed by atoms with Crippen LogP contribution in [0.25, 0.3) is 0 Å². The van der Waals surface area contributed by atoms with Crippen LogP contribution < -0.4 is 4.74 Å². The van der Waals surface area contributed by atoms with E-state index in [1.807, 2.05) is 31.2 Å². The third-order valence-electron chi connectivity index (χ3n) is 3.02. The molecule has 1 nitrogen and oxygen atoms in total. The number of hydrogen-bond donors (Lipinski definition) is 0. The molecule has 0 bridgehead atoms. The van der Waals surface area contributed by atoms with Crippen LogP contribution >= 0.6 is 0 Å². The summed E-state index contributed by atoms with van der Waals surface area (Å²) in [6.45, 7) is 8.27. The standard InChI is InChI=1S/C17H19FO/c1-12-8-9-16(15(18)10-12)19-14-7-5-6-13(11-14)17(2,3)4/h5-11H,1-4H3. The highest BCUT2D eigenvalue weighted by Gasteiger charge is 2.14. The van der Waals surface area contributed by atoms with Gasteiger partial charge in [0.25, 0.3) is 0 Å². The van der Waals surface area contributed by atoms with Gasteiger partial charge in [-0.05, 0) is 47.7 Å². The number of aryl methyl sites for hydroxylation is 1. The fraction of sp³-hybridized carbons (Fsp3) is 0.294. The Morgan fingerprint density at radius 3 is 2.37 bits per heavy atom. The zero-order chi connectivity index (χ0) is 14.0. The molecule has 0 aliphatic rings. The molecule has 0 aliphatic carbocycles. The maximum absolute atomic E-state index is 13.7. The molecule has 2 aromatic carbocycles. The highest BCUT2D eigenvalue weighted by molar-refractivity contribution is 5.37. The lowest BCUT2D eigenvalue weighted by Crippen LogP contribution is -2.10. The summed E-state index contributed by atoms with van der Waals surface area (Å²) in [6.07, 6.45) is 0. The number of hydrogen-bond acceptors (Lipinski definition) is 1. The van der Waals surface area contributed by atoms with Crippen molar-refractivity contribution in [2.75, 3.05) is 0 Å². The molecule has 0 unspecified atom stereocenters. The first kappa shape index (κ1) is 13.6. The van der Waals surface area contributed by atoms with Crippen molar-refractivity contribution in [2.24, 2.45) is 0 Å². The summed E-state index contributed by atoms with van der Waals surface area (Å²) < 4.78 is 19.4. The van der Waals surface area contributed by atoms with Crippen molar-refractivity contribution in [2.45, 2.75) is 33.1 Å². The van der Waals surface area contributed by atoms with E-state index in [-0.39, 0.29) is 17.0 Å². The van der Waals surface area contributed by atoms with Crippen molar-refractivity contribution in [3.05, 3.63) is 59.4 Å². The maximum atomic E-state index is 13.7. The van der Waals surface area contributed by atoms with E-state index < -0.39 is 0 Å². The molecule has 0 heterocycles. The van der Waals surface area contributed by atoms with E-state index in [2.05, 4.69) is 26.8 Å². The highest BCUT2D eigenvalue weighted by Crippen LogP contribution is 2.29. The van der Waals surface area contributed by atoms with Gasteiger partial charge in [-0.15, -0.1) is 0 Å². The Bertz CT molecular complexity index is 582. The summed E-state index contributed by atoms with van der Waals surface area (Å²) in [7, 11) is 0. The van der Waals surface area contributed by atoms with Gasteiger partial charge in [0.2, 0.25) is 0 Å². The van der Waals surface area contributed by atoms with Crippen molar-refractivity contribution in [1.82, 2.24) is 0 Å². The Balaban J connectivity index is 2.29. The summed E-state index contributed by atoms with van der Waals surface area (Å²) in [4.78, 5) is 0. The largest absolute Gasteiger partial charge is 0.454 e. The number of ether oxygens (including phenoxy) is 1. The Labute approximate surface area is 114 Å². The fourth-order valence-electron chi connectivity index (χ4n) is 1.84. The second-order valence-corrected chi connectivity index (χ2v) is 5.81. The van der Waals surface area contributed by atoms with Gasteiger partial charge >= 0.3 is 0 Å². The topological polar surface area (TPSA) is 9.23 Å². The van der Waals surface area contributed by atoms with Crippen molar-refractivity contribution in [3.8, 4) is 11.5 Å². The first-order valence-electron chi connectivity index (χ1n) is 6.41. The van der Waals surface area contributed by atoms with Crippen LogP contribution in [0, 0.1) is 12.7 Å². The van der Waals surface area contributed by atoms with Crippen LogP contribution in [0.3, 0.4) is 0 Å². The van der Waals surface area contributed by atoms with E-state index in [0.29, 0.717) is 5.75 Å². The molecule has 0 N–H and O–H groups in total. The summed E-state index contributed by atoms with van der Waals surface area (Å²) in [5, 5.41) is 0. The van der Waals surface area contributed by atoms with Gasteiger partial charge in [0.1, 0.15) is 5.75 Å². The molecule has 0 fully saturated rings. The van der Waals surface area contributed by atoms with E-state index in [4.69, 9.17) is 4.74 Å². The van der Waals surface area contributed by atoms with Crippen LogP contribution in [0.15, 0.2) is 42.5 Å². The lowest BCUT2D eigenvalue weighted by Gasteiger charge is -2.19. The maximum Gasteiger partial charge on any atom is 0.165 e. The van der Waals surface area contributed by atoms with Gasteiger partial charge in [-0.3, -0.25) is 0 Å². The Morgan fingerprint density at radius 2 is 1.74 bits per heavy atom. The second kappa shape index (κ2) is 5.04. The minimum absolute atomic E-state index is 0.0468. The van der Waals surface area contributed by atoms with Gasteiger partial charge in [0, 0.05) is 0 Å². The minimum atomic E-state index is -0.332. The molecule has 0 saturated carbocycles. The van der Waals surface area contributed by atoms with Crippen molar-refractivity contribution in [1.29, 1.82) is 0 Å². The van der Waals surface area contributed by atoms with Crippen LogP contribution in [-0.2, 0) is 5.41 Å². The molecule has 100 valence electrons. The number of rotatable bonds is 2. The molecule has 0 spiro atoms. The van der Waals surface area contributed by atoms with E-state index in [1.54, 1.807) is 6.07 Å². The summed E-state index contributed by atoms with van der Waals surface area (Å²) in [5.41, 5.74) is 2.09. The molecule has 2 heteroatoms. The molecule has 0 amide bonds. The predicted octanol–water partition coefficient (Wildman–Crippen LogP) is 5.22. The normalized spacial score (nSPS) is 11.4. The van der Waals surface area contributed by atoms with Crippen LogP contribution in [0.4, 0.5) is 4.39 Å². The first-order chi connectivity index (χ1) is 8.86. The summed E-state index contributed by atoms with van der Waals surface area (Å²) in [6, 6.07) is 12.8. The van der Waals surface area contributed by atoms with Gasteiger partial charge in [-0.1, -0.05) is 39.0 Å². The van der Waals surface area contributed by atoms with Crippen LogP contribution in [0.1, 0.15) is 31.9 Å². The molecule has 0 atom stereocenters. The van der Waals surface area contributed by atoms with E-state index in [0.717, 1.165) is 11.1 Å². The third kappa shape index (κ3) is 3.34. The lowest BCUT2D eigenvalue weighted by molar-refractivity contribution is 0.440. The molecule has 0 radical (unpaired) electrons. The monoisotopic (exact) mass is 258 g/mol. The molecule has 0 aliphatic heterocycles. The highest BCUT2D eigenvalue weighted by atomic mass is 19.1. The van der Waals surface area contributed by atoms with Gasteiger partial charge in [0.15, 0.2) is 11.6 Å². The van der Waals surface area contributed by atoms with E-state index in [1.165, 1.54) is 6.07 Å². The van der Waals surface area contributed by atoms with Crippen LogP contribution in [0.5, 0.6) is 11.5 Å². The molecular weight excluding hydrogens is 239 g/mol. The Hall–Kier alpha value is -1.83. The van der Waals surface area contributed by atoms with Crippen LogP contribution in [-0.4, -0.2) is 0 Å². The Kier molecular flexibility index (Phi) is 3.61. The minimum Gasteiger partial charge on any atom is -0.454 e. The van der Waals surface area contributed by atoms with Gasteiger partial charge in [0.05, 0.1) is 0 Å².